The molecule has 1 saturated heterocycles. The number of aromatic nitrogens is 2. The van der Waals surface area contributed by atoms with Crippen molar-refractivity contribution < 1.29 is 19.0 Å². The third kappa shape index (κ3) is 5.49. The van der Waals surface area contributed by atoms with Crippen molar-refractivity contribution in [2.45, 2.75) is 19.0 Å². The quantitative estimate of drug-likeness (QED) is 0.262. The Balaban J connectivity index is 1.60. The highest BCUT2D eigenvalue weighted by molar-refractivity contribution is 7.80. The summed E-state index contributed by atoms with van der Waals surface area (Å²) in [4.78, 5) is 19.1. The maximum Gasteiger partial charge on any atom is 0.250 e. The van der Waals surface area contributed by atoms with Crippen molar-refractivity contribution in [1.29, 1.82) is 0 Å². The molecule has 0 spiro atoms. The predicted octanol–water partition coefficient (Wildman–Crippen LogP) is 5.04. The summed E-state index contributed by atoms with van der Waals surface area (Å²) < 4.78 is 18.3. The van der Waals surface area contributed by atoms with Gasteiger partial charge in [0, 0.05) is 36.6 Å². The first-order chi connectivity index (χ1) is 19.5. The Labute approximate surface area is 238 Å². The van der Waals surface area contributed by atoms with E-state index in [-0.39, 0.29) is 24.6 Å². The number of benzene rings is 2. The van der Waals surface area contributed by atoms with Gasteiger partial charge in [0.25, 0.3) is 0 Å². The molecule has 5 rings (SSSR count). The molecule has 206 valence electrons. The average Bonchev–Trinajstić information content (AvgIpc) is 3.58. The average molecular weight is 558 g/mol. The number of carbonyl (C=O) groups is 1. The normalized spacial score (nSPS) is 16.5. The SMILES string of the molecule is CCOc1ccc(-n2cccc2[C@@H]2[C@H](c3ccccn3)NC(=S)N2c2ccc(OC)c(NC(=O)COC)c2)cc1. The molecule has 1 fully saturated rings. The monoisotopic (exact) mass is 557 g/mol. The summed E-state index contributed by atoms with van der Waals surface area (Å²) in [6, 6.07) is 23.1. The van der Waals surface area contributed by atoms with Gasteiger partial charge in [-0.3, -0.25) is 9.78 Å². The lowest BCUT2D eigenvalue weighted by atomic mass is 10.0. The Morgan fingerprint density at radius 2 is 1.85 bits per heavy atom. The lowest BCUT2D eigenvalue weighted by Gasteiger charge is -2.29. The summed E-state index contributed by atoms with van der Waals surface area (Å²) in [6.07, 6.45) is 3.81. The van der Waals surface area contributed by atoms with E-state index in [4.69, 9.17) is 26.4 Å². The molecule has 9 nitrogen and oxygen atoms in total. The van der Waals surface area contributed by atoms with Gasteiger partial charge in [-0.15, -0.1) is 0 Å². The zero-order chi connectivity index (χ0) is 28.1. The van der Waals surface area contributed by atoms with Crippen LogP contribution in [0.15, 0.2) is 85.2 Å². The molecular formula is C30H31N5O4S. The van der Waals surface area contributed by atoms with E-state index in [0.717, 1.165) is 28.5 Å². The second-order valence-corrected chi connectivity index (χ2v) is 9.48. The minimum atomic E-state index is -0.285. The van der Waals surface area contributed by atoms with E-state index < -0.39 is 0 Å². The molecular weight excluding hydrogens is 526 g/mol. The molecule has 1 aliphatic rings. The smallest absolute Gasteiger partial charge is 0.250 e. The first-order valence-electron chi connectivity index (χ1n) is 12.9. The molecule has 2 aromatic heterocycles. The zero-order valence-corrected chi connectivity index (χ0v) is 23.4. The van der Waals surface area contributed by atoms with Crippen LogP contribution in [0.4, 0.5) is 11.4 Å². The Morgan fingerprint density at radius 1 is 1.05 bits per heavy atom. The van der Waals surface area contributed by atoms with Crippen LogP contribution in [-0.4, -0.2) is 48.0 Å². The number of carbonyl (C=O) groups excluding carboxylic acids is 1. The number of hydrogen-bond donors (Lipinski definition) is 2. The highest BCUT2D eigenvalue weighted by atomic mass is 32.1. The molecule has 1 amide bonds. The lowest BCUT2D eigenvalue weighted by molar-refractivity contribution is -0.119. The van der Waals surface area contributed by atoms with Gasteiger partial charge in [0.05, 0.1) is 31.1 Å². The summed E-state index contributed by atoms with van der Waals surface area (Å²) >= 11 is 5.91. The van der Waals surface area contributed by atoms with Gasteiger partial charge >= 0.3 is 0 Å². The molecule has 0 saturated carbocycles. The Hall–Kier alpha value is -4.41. The highest BCUT2D eigenvalue weighted by Gasteiger charge is 2.42. The molecule has 10 heteroatoms. The van der Waals surface area contributed by atoms with Crippen LogP contribution in [0.3, 0.4) is 0 Å². The van der Waals surface area contributed by atoms with E-state index >= 15 is 0 Å². The summed E-state index contributed by atoms with van der Waals surface area (Å²) in [5, 5.41) is 6.91. The van der Waals surface area contributed by atoms with E-state index in [2.05, 4.69) is 31.2 Å². The number of anilines is 2. The van der Waals surface area contributed by atoms with E-state index in [1.807, 2.05) is 79.9 Å². The van der Waals surface area contributed by atoms with Crippen LogP contribution in [0, 0.1) is 0 Å². The first kappa shape index (κ1) is 27.2. The van der Waals surface area contributed by atoms with Crippen LogP contribution >= 0.6 is 12.2 Å². The van der Waals surface area contributed by atoms with Gasteiger partial charge in [0.15, 0.2) is 5.11 Å². The molecule has 2 atom stereocenters. The highest BCUT2D eigenvalue weighted by Crippen LogP contribution is 2.43. The summed E-state index contributed by atoms with van der Waals surface area (Å²) in [6.45, 7) is 2.50. The number of nitrogens with one attached hydrogen (secondary N) is 2. The summed E-state index contributed by atoms with van der Waals surface area (Å²) in [5.74, 6) is 1.06. The maximum atomic E-state index is 12.4. The molecule has 2 aromatic carbocycles. The van der Waals surface area contributed by atoms with E-state index in [9.17, 15) is 4.79 Å². The zero-order valence-electron chi connectivity index (χ0n) is 22.5. The Morgan fingerprint density at radius 3 is 2.55 bits per heavy atom. The van der Waals surface area contributed by atoms with E-state index in [1.165, 1.54) is 7.11 Å². The second kappa shape index (κ2) is 12.2. The topological polar surface area (TPSA) is 89.9 Å². The number of amides is 1. The molecule has 2 N–H and O–H groups in total. The van der Waals surface area contributed by atoms with Gasteiger partial charge in [-0.25, -0.2) is 0 Å². The van der Waals surface area contributed by atoms with Crippen molar-refractivity contribution in [3.8, 4) is 17.2 Å². The lowest BCUT2D eigenvalue weighted by Crippen LogP contribution is -2.30. The molecule has 0 aliphatic carbocycles. The molecule has 3 heterocycles. The maximum absolute atomic E-state index is 12.4. The number of hydrogen-bond acceptors (Lipinski definition) is 6. The molecule has 1 aliphatic heterocycles. The number of ether oxygens (including phenoxy) is 3. The van der Waals surface area contributed by atoms with Gasteiger partial charge in [-0.2, -0.15) is 0 Å². The predicted molar refractivity (Wildman–Crippen MR) is 158 cm³/mol. The van der Waals surface area contributed by atoms with Crippen molar-refractivity contribution >= 4 is 34.6 Å². The standard InChI is InChI=1S/C30H31N5O4S/c1-4-39-22-13-10-20(11-14-22)34-17-7-9-25(34)29-28(23-8-5-6-16-31-23)33-30(40)35(29)21-12-15-26(38-3)24(18-21)32-27(36)19-37-2/h5-18,28-29H,4,19H2,1-3H3,(H,32,36)(H,33,40)/t28-,29+/m0/s1. The minimum Gasteiger partial charge on any atom is -0.495 e. The van der Waals surface area contributed by atoms with Gasteiger partial charge in [-0.05, 0) is 85.9 Å². The number of methoxy groups -OCH3 is 2. The minimum absolute atomic E-state index is 0.0724. The van der Waals surface area contributed by atoms with Crippen LogP contribution in [0.25, 0.3) is 5.69 Å². The van der Waals surface area contributed by atoms with Gasteiger partial charge in [0.1, 0.15) is 24.1 Å². The van der Waals surface area contributed by atoms with Gasteiger partial charge in [-0.1, -0.05) is 6.07 Å². The fourth-order valence-corrected chi connectivity index (χ4v) is 5.28. The fraction of sp³-hybridized carbons (Fsp3) is 0.233. The van der Waals surface area contributed by atoms with Gasteiger partial charge in [0.2, 0.25) is 5.91 Å². The van der Waals surface area contributed by atoms with Crippen molar-refractivity contribution in [2.75, 3.05) is 37.7 Å². The van der Waals surface area contributed by atoms with Crippen molar-refractivity contribution in [1.82, 2.24) is 14.9 Å². The van der Waals surface area contributed by atoms with Crippen LogP contribution in [0.2, 0.25) is 0 Å². The number of thiocarbonyl (C=S) groups is 1. The molecule has 40 heavy (non-hydrogen) atoms. The fourth-order valence-electron chi connectivity index (χ4n) is 4.93. The molecule has 0 radical (unpaired) electrons. The number of nitrogens with zero attached hydrogens (tertiary/aromatic N) is 3. The largest absolute Gasteiger partial charge is 0.495 e. The van der Waals surface area contributed by atoms with Crippen molar-refractivity contribution in [2.24, 2.45) is 0 Å². The number of rotatable bonds is 10. The first-order valence-corrected chi connectivity index (χ1v) is 13.3. The van der Waals surface area contributed by atoms with Crippen LogP contribution < -0.4 is 25.0 Å². The van der Waals surface area contributed by atoms with Crippen LogP contribution in [0.5, 0.6) is 11.5 Å². The van der Waals surface area contributed by atoms with Crippen molar-refractivity contribution in [3.63, 3.8) is 0 Å². The van der Waals surface area contributed by atoms with E-state index in [0.29, 0.717) is 23.2 Å². The number of pyridine rings is 1. The second-order valence-electron chi connectivity index (χ2n) is 9.09. The van der Waals surface area contributed by atoms with Gasteiger partial charge < -0.3 is 34.3 Å². The Kier molecular flexibility index (Phi) is 8.28. The molecule has 4 aromatic rings. The summed E-state index contributed by atoms with van der Waals surface area (Å²) in [7, 11) is 3.04. The van der Waals surface area contributed by atoms with Crippen LogP contribution in [0.1, 0.15) is 30.4 Å². The molecule has 0 unspecified atom stereocenters. The van der Waals surface area contributed by atoms with Crippen LogP contribution in [-0.2, 0) is 9.53 Å². The Bertz CT molecular complexity index is 1480. The third-order valence-electron chi connectivity index (χ3n) is 6.62. The van der Waals surface area contributed by atoms with E-state index in [1.54, 1.807) is 13.3 Å². The summed E-state index contributed by atoms with van der Waals surface area (Å²) in [5.41, 5.74) is 4.16. The third-order valence-corrected chi connectivity index (χ3v) is 6.93. The van der Waals surface area contributed by atoms with Crippen molar-refractivity contribution in [3.05, 3.63) is 96.6 Å². The molecule has 0 bridgehead atoms.